The van der Waals surface area contributed by atoms with Crippen LogP contribution in [0.15, 0.2) is 48.5 Å². The molecule has 0 aliphatic heterocycles. The molecule has 0 fully saturated rings. The zero-order valence-corrected chi connectivity index (χ0v) is 14.8. The van der Waals surface area contributed by atoms with Crippen molar-refractivity contribution in [2.24, 2.45) is 0 Å². The summed E-state index contributed by atoms with van der Waals surface area (Å²) in [6.07, 6.45) is 0.889. The normalized spacial score (nSPS) is 10.7. The highest BCUT2D eigenvalue weighted by molar-refractivity contribution is 6.30. The van der Waals surface area contributed by atoms with Crippen molar-refractivity contribution < 1.29 is 9.53 Å². The summed E-state index contributed by atoms with van der Waals surface area (Å²) in [5.74, 6) is 0.707. The Hall–Kier alpha value is -2.04. The van der Waals surface area contributed by atoms with Gasteiger partial charge in [-0.3, -0.25) is 9.69 Å². The molecule has 0 saturated carbocycles. The van der Waals surface area contributed by atoms with E-state index >= 15 is 0 Å². The fourth-order valence-electron chi connectivity index (χ4n) is 2.34. The van der Waals surface area contributed by atoms with E-state index in [2.05, 4.69) is 12.2 Å². The SMILES string of the molecule is CCc1ccccc1NC(=O)CN(C)CCOc1cccc(Cl)c1. The molecule has 4 nitrogen and oxygen atoms in total. The molecule has 2 rings (SSSR count). The molecule has 0 spiro atoms. The highest BCUT2D eigenvalue weighted by atomic mass is 35.5. The van der Waals surface area contributed by atoms with Crippen LogP contribution in [-0.2, 0) is 11.2 Å². The van der Waals surface area contributed by atoms with Crippen LogP contribution in [0, 0.1) is 0 Å². The fraction of sp³-hybridized carbons (Fsp3) is 0.316. The fourth-order valence-corrected chi connectivity index (χ4v) is 2.52. The van der Waals surface area contributed by atoms with Gasteiger partial charge in [0.25, 0.3) is 0 Å². The molecule has 0 aromatic heterocycles. The van der Waals surface area contributed by atoms with Gasteiger partial charge in [0.15, 0.2) is 0 Å². The molecule has 0 aliphatic rings. The van der Waals surface area contributed by atoms with Gasteiger partial charge in [0.1, 0.15) is 12.4 Å². The van der Waals surface area contributed by atoms with E-state index in [1.807, 2.05) is 48.3 Å². The first-order valence-corrected chi connectivity index (χ1v) is 8.41. The van der Waals surface area contributed by atoms with E-state index in [4.69, 9.17) is 16.3 Å². The van der Waals surface area contributed by atoms with Gasteiger partial charge >= 0.3 is 0 Å². The number of carbonyl (C=O) groups excluding carboxylic acids is 1. The average molecular weight is 347 g/mol. The number of ether oxygens (including phenoxy) is 1. The van der Waals surface area contributed by atoms with Gasteiger partial charge in [-0.15, -0.1) is 0 Å². The van der Waals surface area contributed by atoms with Crippen LogP contribution in [0.2, 0.25) is 5.02 Å². The van der Waals surface area contributed by atoms with Gasteiger partial charge in [-0.05, 0) is 43.3 Å². The van der Waals surface area contributed by atoms with E-state index in [1.54, 1.807) is 12.1 Å². The van der Waals surface area contributed by atoms with E-state index in [9.17, 15) is 4.79 Å². The number of hydrogen-bond acceptors (Lipinski definition) is 3. The predicted octanol–water partition coefficient (Wildman–Crippen LogP) is 3.85. The second kappa shape index (κ2) is 9.30. The smallest absolute Gasteiger partial charge is 0.238 e. The molecule has 5 heteroatoms. The van der Waals surface area contributed by atoms with Gasteiger partial charge in [-0.2, -0.15) is 0 Å². The maximum absolute atomic E-state index is 12.2. The Balaban J connectivity index is 1.75. The van der Waals surface area contributed by atoms with E-state index < -0.39 is 0 Å². The number of rotatable bonds is 8. The number of nitrogens with one attached hydrogen (secondary N) is 1. The molecule has 1 amide bonds. The molecule has 24 heavy (non-hydrogen) atoms. The van der Waals surface area contributed by atoms with Gasteiger partial charge in [0.05, 0.1) is 6.54 Å². The van der Waals surface area contributed by atoms with E-state index in [1.165, 1.54) is 0 Å². The molecule has 2 aromatic rings. The molecule has 0 atom stereocenters. The number of carbonyl (C=O) groups is 1. The second-order valence-corrected chi connectivity index (χ2v) is 6.04. The van der Waals surface area contributed by atoms with Crippen molar-refractivity contribution in [3.8, 4) is 5.75 Å². The van der Waals surface area contributed by atoms with Gasteiger partial charge in [0.2, 0.25) is 5.91 Å². The van der Waals surface area contributed by atoms with Crippen molar-refractivity contribution in [2.75, 3.05) is 32.1 Å². The van der Waals surface area contributed by atoms with E-state index in [-0.39, 0.29) is 5.91 Å². The summed E-state index contributed by atoms with van der Waals surface area (Å²) in [4.78, 5) is 14.1. The standard InChI is InChI=1S/C19H23ClN2O2/c1-3-15-7-4-5-10-18(15)21-19(23)14-22(2)11-12-24-17-9-6-8-16(20)13-17/h4-10,13H,3,11-12,14H2,1-2H3,(H,21,23). The number of nitrogens with zero attached hydrogens (tertiary/aromatic N) is 1. The molecule has 2 aromatic carbocycles. The van der Waals surface area contributed by atoms with Crippen LogP contribution in [0.1, 0.15) is 12.5 Å². The van der Waals surface area contributed by atoms with E-state index in [0.29, 0.717) is 24.7 Å². The maximum atomic E-state index is 12.2. The lowest BCUT2D eigenvalue weighted by Gasteiger charge is -2.17. The quantitative estimate of drug-likeness (QED) is 0.789. The molecular formula is C19H23ClN2O2. The number of amides is 1. The lowest BCUT2D eigenvalue weighted by atomic mass is 10.1. The van der Waals surface area contributed by atoms with Crippen molar-refractivity contribution in [2.45, 2.75) is 13.3 Å². The summed E-state index contributed by atoms with van der Waals surface area (Å²) in [6.45, 7) is 3.53. The summed E-state index contributed by atoms with van der Waals surface area (Å²) < 4.78 is 5.64. The van der Waals surface area contributed by atoms with Gasteiger partial charge in [-0.1, -0.05) is 42.8 Å². The molecule has 0 heterocycles. The van der Waals surface area contributed by atoms with Gasteiger partial charge in [-0.25, -0.2) is 0 Å². The summed E-state index contributed by atoms with van der Waals surface area (Å²) in [5.41, 5.74) is 2.02. The summed E-state index contributed by atoms with van der Waals surface area (Å²) in [6, 6.07) is 15.2. The van der Waals surface area contributed by atoms with Gasteiger partial charge in [0, 0.05) is 17.3 Å². The third-order valence-electron chi connectivity index (χ3n) is 3.62. The van der Waals surface area contributed by atoms with Crippen LogP contribution in [0.25, 0.3) is 0 Å². The number of halogens is 1. The minimum Gasteiger partial charge on any atom is -0.492 e. The predicted molar refractivity (Wildman–Crippen MR) is 98.9 cm³/mol. The zero-order valence-electron chi connectivity index (χ0n) is 14.1. The average Bonchev–Trinajstić information content (AvgIpc) is 2.55. The summed E-state index contributed by atoms with van der Waals surface area (Å²) in [5, 5.41) is 3.62. The first kappa shape index (κ1) is 18.3. The van der Waals surface area contributed by atoms with Crippen LogP contribution in [-0.4, -0.2) is 37.6 Å². The number of hydrogen-bond donors (Lipinski definition) is 1. The van der Waals surface area contributed by atoms with Gasteiger partial charge < -0.3 is 10.1 Å². The van der Waals surface area contributed by atoms with Crippen LogP contribution in [0.3, 0.4) is 0 Å². The lowest BCUT2D eigenvalue weighted by molar-refractivity contribution is -0.117. The maximum Gasteiger partial charge on any atom is 0.238 e. The van der Waals surface area contributed by atoms with Crippen molar-refractivity contribution in [3.05, 3.63) is 59.1 Å². The van der Waals surface area contributed by atoms with Crippen LogP contribution in [0.4, 0.5) is 5.69 Å². The van der Waals surface area contributed by atoms with Crippen LogP contribution in [0.5, 0.6) is 5.75 Å². The monoisotopic (exact) mass is 346 g/mol. The lowest BCUT2D eigenvalue weighted by Crippen LogP contribution is -2.33. The molecule has 128 valence electrons. The van der Waals surface area contributed by atoms with E-state index in [0.717, 1.165) is 23.4 Å². The topological polar surface area (TPSA) is 41.6 Å². The van der Waals surface area contributed by atoms with Crippen molar-refractivity contribution in [3.63, 3.8) is 0 Å². The Kier molecular flexibility index (Phi) is 7.09. The Bertz CT molecular complexity index is 676. The molecule has 0 bridgehead atoms. The molecule has 0 aliphatic carbocycles. The third kappa shape index (κ3) is 5.87. The minimum atomic E-state index is -0.0267. The first-order valence-electron chi connectivity index (χ1n) is 8.03. The minimum absolute atomic E-state index is 0.0267. The number of likely N-dealkylation sites (N-methyl/N-ethyl adjacent to an activating group) is 1. The summed E-state index contributed by atoms with van der Waals surface area (Å²) in [7, 11) is 1.90. The number of para-hydroxylation sites is 1. The Morgan fingerprint density at radius 1 is 1.21 bits per heavy atom. The molecule has 1 N–H and O–H groups in total. The number of benzene rings is 2. The zero-order chi connectivity index (χ0) is 17.4. The summed E-state index contributed by atoms with van der Waals surface area (Å²) >= 11 is 5.91. The second-order valence-electron chi connectivity index (χ2n) is 5.60. The molecule has 0 radical (unpaired) electrons. The Morgan fingerprint density at radius 2 is 2.00 bits per heavy atom. The third-order valence-corrected chi connectivity index (χ3v) is 3.86. The van der Waals surface area contributed by atoms with Crippen LogP contribution >= 0.6 is 11.6 Å². The van der Waals surface area contributed by atoms with Crippen molar-refractivity contribution >= 4 is 23.2 Å². The molecule has 0 unspecified atom stereocenters. The number of aryl methyl sites for hydroxylation is 1. The highest BCUT2D eigenvalue weighted by Gasteiger charge is 2.09. The van der Waals surface area contributed by atoms with Crippen LogP contribution < -0.4 is 10.1 Å². The Morgan fingerprint density at radius 3 is 2.75 bits per heavy atom. The number of anilines is 1. The van der Waals surface area contributed by atoms with Crippen molar-refractivity contribution in [1.29, 1.82) is 0 Å². The Labute approximate surface area is 148 Å². The largest absolute Gasteiger partial charge is 0.492 e. The first-order chi connectivity index (χ1) is 11.6. The van der Waals surface area contributed by atoms with Crippen molar-refractivity contribution in [1.82, 2.24) is 4.90 Å². The molecular weight excluding hydrogens is 324 g/mol. The highest BCUT2D eigenvalue weighted by Crippen LogP contribution is 2.17. The molecule has 0 saturated heterocycles.